The van der Waals surface area contributed by atoms with Crippen molar-refractivity contribution >= 4 is 11.7 Å². The van der Waals surface area contributed by atoms with Crippen molar-refractivity contribution in [1.29, 1.82) is 5.26 Å². The van der Waals surface area contributed by atoms with Crippen molar-refractivity contribution in [2.45, 2.75) is 44.7 Å². The molecule has 0 radical (unpaired) electrons. The molecule has 6 heteroatoms. The summed E-state index contributed by atoms with van der Waals surface area (Å²) in [5.41, 5.74) is 7.09. The van der Waals surface area contributed by atoms with Crippen LogP contribution < -0.4 is 10.6 Å². The average molecular weight is 313 g/mol. The number of piperidine rings is 1. The third kappa shape index (κ3) is 3.15. The molecular weight excluding hydrogens is 290 g/mol. The number of aryl methyl sites for hydroxylation is 1. The number of rotatable bonds is 3. The molecule has 0 aromatic carbocycles. The van der Waals surface area contributed by atoms with Crippen LogP contribution in [0.25, 0.3) is 0 Å². The number of amides is 1. The predicted molar refractivity (Wildman–Crippen MR) is 87.8 cm³/mol. The molecular formula is C17H23N5O. The highest BCUT2D eigenvalue weighted by atomic mass is 16.1. The van der Waals surface area contributed by atoms with Crippen LogP contribution in [0.3, 0.4) is 0 Å². The van der Waals surface area contributed by atoms with E-state index in [0.717, 1.165) is 56.8 Å². The number of nitrogens with two attached hydrogens (primary N) is 1. The number of hydrogen-bond acceptors (Lipinski definition) is 5. The number of nitriles is 1. The van der Waals surface area contributed by atoms with Crippen LogP contribution >= 0.6 is 0 Å². The largest absolute Gasteiger partial charge is 0.368 e. The molecule has 3 heterocycles. The van der Waals surface area contributed by atoms with Crippen molar-refractivity contribution in [2.75, 3.05) is 24.5 Å². The van der Waals surface area contributed by atoms with E-state index < -0.39 is 0 Å². The van der Waals surface area contributed by atoms with Crippen LogP contribution in [0.2, 0.25) is 0 Å². The Bertz CT molecular complexity index is 630. The van der Waals surface area contributed by atoms with Crippen molar-refractivity contribution in [3.63, 3.8) is 0 Å². The SMILES string of the molecule is Cc1ccc(C#N)c(N2CCC(N3CCCC3C(N)=O)CC2)n1. The van der Waals surface area contributed by atoms with E-state index in [1.165, 1.54) is 0 Å². The smallest absolute Gasteiger partial charge is 0.234 e. The number of carbonyl (C=O) groups excluding carboxylic acids is 1. The van der Waals surface area contributed by atoms with Gasteiger partial charge in [-0.2, -0.15) is 5.26 Å². The molecule has 23 heavy (non-hydrogen) atoms. The van der Waals surface area contributed by atoms with Crippen LogP contribution in [0.5, 0.6) is 0 Å². The maximum absolute atomic E-state index is 11.6. The lowest BCUT2D eigenvalue weighted by atomic mass is 10.0. The first-order chi connectivity index (χ1) is 11.1. The van der Waals surface area contributed by atoms with Gasteiger partial charge in [-0.25, -0.2) is 4.98 Å². The van der Waals surface area contributed by atoms with Crippen molar-refractivity contribution in [1.82, 2.24) is 9.88 Å². The lowest BCUT2D eigenvalue weighted by molar-refractivity contribution is -0.123. The zero-order valence-corrected chi connectivity index (χ0v) is 13.5. The molecule has 0 spiro atoms. The predicted octanol–water partition coefficient (Wildman–Crippen LogP) is 1.18. The summed E-state index contributed by atoms with van der Waals surface area (Å²) >= 11 is 0. The molecule has 1 atom stereocenters. The Hall–Kier alpha value is -2.13. The number of anilines is 1. The summed E-state index contributed by atoms with van der Waals surface area (Å²) in [5, 5.41) is 9.28. The molecule has 0 aliphatic carbocycles. The van der Waals surface area contributed by atoms with E-state index in [1.807, 2.05) is 19.1 Å². The van der Waals surface area contributed by atoms with E-state index in [4.69, 9.17) is 5.73 Å². The summed E-state index contributed by atoms with van der Waals surface area (Å²) in [7, 11) is 0. The van der Waals surface area contributed by atoms with Gasteiger partial charge in [0.05, 0.1) is 11.6 Å². The van der Waals surface area contributed by atoms with E-state index in [0.29, 0.717) is 11.6 Å². The van der Waals surface area contributed by atoms with Crippen LogP contribution in [0, 0.1) is 18.3 Å². The molecule has 2 saturated heterocycles. The van der Waals surface area contributed by atoms with Crippen molar-refractivity contribution < 1.29 is 4.79 Å². The van der Waals surface area contributed by atoms with Gasteiger partial charge in [-0.1, -0.05) is 0 Å². The molecule has 1 amide bonds. The standard InChI is InChI=1S/C17H23N5O/c1-12-4-5-13(11-18)17(20-12)21-9-6-14(7-10-21)22-8-2-3-15(22)16(19)23/h4-5,14-15H,2-3,6-10H2,1H3,(H2,19,23). The molecule has 2 aliphatic rings. The average Bonchev–Trinajstić information content (AvgIpc) is 3.05. The molecule has 2 N–H and O–H groups in total. The van der Waals surface area contributed by atoms with Crippen LogP contribution in [0.15, 0.2) is 12.1 Å². The van der Waals surface area contributed by atoms with E-state index in [1.54, 1.807) is 0 Å². The van der Waals surface area contributed by atoms with E-state index in [-0.39, 0.29) is 11.9 Å². The summed E-state index contributed by atoms with van der Waals surface area (Å²) in [6.45, 7) is 4.62. The first-order valence-electron chi connectivity index (χ1n) is 8.28. The molecule has 1 aromatic rings. The minimum atomic E-state index is -0.197. The first kappa shape index (κ1) is 15.8. The van der Waals surface area contributed by atoms with Crippen LogP contribution in [-0.4, -0.2) is 47.5 Å². The third-order valence-corrected chi connectivity index (χ3v) is 4.99. The minimum Gasteiger partial charge on any atom is -0.368 e. The van der Waals surface area contributed by atoms with Crippen LogP contribution in [0.1, 0.15) is 36.9 Å². The number of aromatic nitrogens is 1. The Morgan fingerprint density at radius 3 is 2.70 bits per heavy atom. The van der Waals surface area contributed by atoms with Crippen molar-refractivity contribution in [3.8, 4) is 6.07 Å². The highest BCUT2D eigenvalue weighted by Gasteiger charge is 2.36. The van der Waals surface area contributed by atoms with Crippen molar-refractivity contribution in [2.24, 2.45) is 5.73 Å². The Labute approximate surface area is 136 Å². The Morgan fingerprint density at radius 1 is 1.30 bits per heavy atom. The Balaban J connectivity index is 1.68. The molecule has 6 nitrogen and oxygen atoms in total. The van der Waals surface area contributed by atoms with Gasteiger partial charge in [0.2, 0.25) is 5.91 Å². The number of hydrogen-bond donors (Lipinski definition) is 1. The zero-order valence-electron chi connectivity index (χ0n) is 13.5. The summed E-state index contributed by atoms with van der Waals surface area (Å²) in [5.74, 6) is 0.593. The van der Waals surface area contributed by atoms with Gasteiger partial charge in [0.1, 0.15) is 11.9 Å². The van der Waals surface area contributed by atoms with Gasteiger partial charge in [-0.15, -0.1) is 0 Å². The number of carbonyl (C=O) groups is 1. The maximum Gasteiger partial charge on any atom is 0.234 e. The monoisotopic (exact) mass is 313 g/mol. The van der Waals surface area contributed by atoms with Gasteiger partial charge in [0, 0.05) is 24.8 Å². The Kier molecular flexibility index (Phi) is 4.49. The maximum atomic E-state index is 11.6. The third-order valence-electron chi connectivity index (χ3n) is 4.99. The molecule has 0 bridgehead atoms. The number of likely N-dealkylation sites (tertiary alicyclic amines) is 1. The Morgan fingerprint density at radius 2 is 2.04 bits per heavy atom. The van der Waals surface area contributed by atoms with Gasteiger partial charge >= 0.3 is 0 Å². The lowest BCUT2D eigenvalue weighted by Gasteiger charge is -2.39. The van der Waals surface area contributed by atoms with Crippen molar-refractivity contribution in [3.05, 3.63) is 23.4 Å². The number of nitrogens with zero attached hydrogens (tertiary/aromatic N) is 4. The highest BCUT2D eigenvalue weighted by molar-refractivity contribution is 5.80. The minimum absolute atomic E-state index is 0.0988. The second-order valence-electron chi connectivity index (χ2n) is 6.45. The highest BCUT2D eigenvalue weighted by Crippen LogP contribution is 2.28. The molecule has 1 aromatic heterocycles. The summed E-state index contributed by atoms with van der Waals surface area (Å²) in [6.07, 6.45) is 3.88. The van der Waals surface area contributed by atoms with Gasteiger partial charge < -0.3 is 10.6 Å². The summed E-state index contributed by atoms with van der Waals surface area (Å²) in [4.78, 5) is 20.6. The topological polar surface area (TPSA) is 86.3 Å². The fraction of sp³-hybridized carbons (Fsp3) is 0.588. The second-order valence-corrected chi connectivity index (χ2v) is 6.45. The summed E-state index contributed by atoms with van der Waals surface area (Å²) in [6, 6.07) is 6.25. The lowest BCUT2D eigenvalue weighted by Crippen LogP contribution is -2.50. The zero-order chi connectivity index (χ0) is 16.4. The summed E-state index contributed by atoms with van der Waals surface area (Å²) < 4.78 is 0. The van der Waals surface area contributed by atoms with Gasteiger partial charge in [-0.3, -0.25) is 9.69 Å². The molecule has 122 valence electrons. The van der Waals surface area contributed by atoms with E-state index >= 15 is 0 Å². The fourth-order valence-corrected chi connectivity index (χ4v) is 3.81. The molecule has 3 rings (SSSR count). The van der Waals surface area contributed by atoms with Crippen LogP contribution in [0.4, 0.5) is 5.82 Å². The van der Waals surface area contributed by atoms with Crippen LogP contribution in [-0.2, 0) is 4.79 Å². The second kappa shape index (κ2) is 6.55. The van der Waals surface area contributed by atoms with E-state index in [2.05, 4.69) is 20.9 Å². The molecule has 0 saturated carbocycles. The number of primary amides is 1. The van der Waals surface area contributed by atoms with Gasteiger partial charge in [0.15, 0.2) is 0 Å². The number of pyridine rings is 1. The van der Waals surface area contributed by atoms with E-state index in [9.17, 15) is 10.1 Å². The molecule has 1 unspecified atom stereocenters. The first-order valence-corrected chi connectivity index (χ1v) is 8.28. The van der Waals surface area contributed by atoms with Gasteiger partial charge in [-0.05, 0) is 51.3 Å². The molecule has 2 fully saturated rings. The fourth-order valence-electron chi connectivity index (χ4n) is 3.81. The molecule has 2 aliphatic heterocycles. The quantitative estimate of drug-likeness (QED) is 0.905. The van der Waals surface area contributed by atoms with Gasteiger partial charge in [0.25, 0.3) is 0 Å². The normalized spacial score (nSPS) is 23.0.